The van der Waals surface area contributed by atoms with Crippen LogP contribution in [0.5, 0.6) is 0 Å². The van der Waals surface area contributed by atoms with E-state index in [0.717, 1.165) is 38.4 Å². The molecule has 6 heteroatoms. The monoisotopic (exact) mass is 341 g/mol. The van der Waals surface area contributed by atoms with Crippen LogP contribution in [-0.2, 0) is 4.74 Å². The molecule has 0 spiro atoms. The van der Waals surface area contributed by atoms with Gasteiger partial charge in [0.2, 0.25) is 0 Å². The van der Waals surface area contributed by atoms with Gasteiger partial charge < -0.3 is 15.2 Å². The quantitative estimate of drug-likeness (QED) is 0.841. The summed E-state index contributed by atoms with van der Waals surface area (Å²) >= 11 is 0. The van der Waals surface area contributed by atoms with Crippen molar-refractivity contribution < 1.29 is 14.6 Å². The molecule has 0 aliphatic carbocycles. The minimum Gasteiger partial charge on any atom is -0.388 e. The second kappa shape index (κ2) is 8.71. The molecule has 1 atom stereocenters. The zero-order chi connectivity index (χ0) is 17.5. The molecule has 132 valence electrons. The van der Waals surface area contributed by atoms with Crippen LogP contribution in [0.2, 0.25) is 0 Å². The summed E-state index contributed by atoms with van der Waals surface area (Å²) in [5.74, 6) is -0.200. The predicted molar refractivity (Wildman–Crippen MR) is 95.5 cm³/mol. The molecule has 2 heterocycles. The Balaban J connectivity index is 1.51. The molecule has 0 radical (unpaired) electrons. The van der Waals surface area contributed by atoms with Gasteiger partial charge >= 0.3 is 0 Å². The van der Waals surface area contributed by atoms with Gasteiger partial charge in [0.05, 0.1) is 24.9 Å². The van der Waals surface area contributed by atoms with Crippen LogP contribution in [0.25, 0.3) is 0 Å². The minimum atomic E-state index is -0.508. The van der Waals surface area contributed by atoms with Crippen LogP contribution in [0, 0.1) is 0 Å². The molecule has 3 rings (SSSR count). The summed E-state index contributed by atoms with van der Waals surface area (Å²) in [4.78, 5) is 18.3. The number of nitrogens with zero attached hydrogens (tertiary/aromatic N) is 2. The maximum atomic E-state index is 12.1. The number of ether oxygens (including phenoxy) is 1. The van der Waals surface area contributed by atoms with Gasteiger partial charge in [-0.15, -0.1) is 0 Å². The van der Waals surface area contributed by atoms with Gasteiger partial charge in [-0.1, -0.05) is 12.1 Å². The van der Waals surface area contributed by atoms with E-state index in [4.69, 9.17) is 4.74 Å². The molecule has 0 saturated carbocycles. The standard InChI is InChI=1S/C19H23N3O3/c23-18(7-9-22-10-12-25-13-11-22)15-3-5-17(6-4-15)21-19(24)16-2-1-8-20-14-16/h1-6,8,14,18,23H,7,9-13H2,(H,21,24). The Morgan fingerprint density at radius 2 is 2.00 bits per heavy atom. The number of aliphatic hydroxyl groups excluding tert-OH is 1. The third-order valence-electron chi connectivity index (χ3n) is 4.30. The minimum absolute atomic E-state index is 0.200. The highest BCUT2D eigenvalue weighted by molar-refractivity contribution is 6.03. The van der Waals surface area contributed by atoms with Gasteiger partial charge in [-0.05, 0) is 36.2 Å². The topological polar surface area (TPSA) is 74.7 Å². The zero-order valence-electron chi connectivity index (χ0n) is 14.1. The summed E-state index contributed by atoms with van der Waals surface area (Å²) in [6, 6.07) is 10.8. The summed E-state index contributed by atoms with van der Waals surface area (Å²) in [6.45, 7) is 4.23. The molecule has 1 aromatic heterocycles. The molecule has 1 aliphatic rings. The molecule has 6 nitrogen and oxygen atoms in total. The third kappa shape index (κ3) is 5.09. The van der Waals surface area contributed by atoms with Crippen LogP contribution in [0.3, 0.4) is 0 Å². The van der Waals surface area contributed by atoms with E-state index in [2.05, 4.69) is 15.2 Å². The van der Waals surface area contributed by atoms with Gasteiger partial charge in [-0.3, -0.25) is 14.7 Å². The van der Waals surface area contributed by atoms with Crippen molar-refractivity contribution in [2.45, 2.75) is 12.5 Å². The lowest BCUT2D eigenvalue weighted by atomic mass is 10.1. The van der Waals surface area contributed by atoms with Crippen molar-refractivity contribution in [3.63, 3.8) is 0 Å². The molecule has 2 N–H and O–H groups in total. The second-order valence-corrected chi connectivity index (χ2v) is 6.08. The Bertz CT molecular complexity index is 670. The second-order valence-electron chi connectivity index (χ2n) is 6.08. The zero-order valence-corrected chi connectivity index (χ0v) is 14.1. The summed E-state index contributed by atoms with van der Waals surface area (Å²) in [5.41, 5.74) is 2.06. The van der Waals surface area contributed by atoms with Gasteiger partial charge in [0, 0.05) is 37.7 Å². The van der Waals surface area contributed by atoms with Gasteiger partial charge in [0.15, 0.2) is 0 Å². The maximum absolute atomic E-state index is 12.1. The fourth-order valence-corrected chi connectivity index (χ4v) is 2.79. The summed E-state index contributed by atoms with van der Waals surface area (Å²) in [7, 11) is 0. The molecule has 0 bridgehead atoms. The van der Waals surface area contributed by atoms with E-state index in [9.17, 15) is 9.90 Å². The number of aromatic nitrogens is 1. The normalized spacial score (nSPS) is 16.4. The Labute approximate surface area is 147 Å². The first kappa shape index (κ1) is 17.5. The Morgan fingerprint density at radius 3 is 2.68 bits per heavy atom. The Hall–Kier alpha value is -2.28. The lowest BCUT2D eigenvalue weighted by Crippen LogP contribution is -2.37. The number of rotatable bonds is 6. The molecule has 1 amide bonds. The highest BCUT2D eigenvalue weighted by Gasteiger charge is 2.14. The van der Waals surface area contributed by atoms with Gasteiger partial charge in [-0.25, -0.2) is 0 Å². The van der Waals surface area contributed by atoms with Crippen LogP contribution in [0.15, 0.2) is 48.8 Å². The molecule has 2 aromatic rings. The van der Waals surface area contributed by atoms with E-state index in [1.165, 1.54) is 6.20 Å². The molecular weight excluding hydrogens is 318 g/mol. The van der Waals surface area contributed by atoms with E-state index in [-0.39, 0.29) is 5.91 Å². The van der Waals surface area contributed by atoms with Gasteiger partial charge in [-0.2, -0.15) is 0 Å². The summed E-state index contributed by atoms with van der Waals surface area (Å²) in [5, 5.41) is 13.2. The average molecular weight is 341 g/mol. The summed E-state index contributed by atoms with van der Waals surface area (Å²) in [6.07, 6.45) is 3.33. The van der Waals surface area contributed by atoms with Crippen molar-refractivity contribution in [3.05, 3.63) is 59.9 Å². The van der Waals surface area contributed by atoms with Gasteiger partial charge in [0.1, 0.15) is 0 Å². The number of hydrogen-bond donors (Lipinski definition) is 2. The number of carbonyl (C=O) groups excluding carboxylic acids is 1. The average Bonchev–Trinajstić information content (AvgIpc) is 2.68. The smallest absolute Gasteiger partial charge is 0.257 e. The van der Waals surface area contributed by atoms with E-state index in [1.54, 1.807) is 18.3 Å². The summed E-state index contributed by atoms with van der Waals surface area (Å²) < 4.78 is 5.33. The lowest BCUT2D eigenvalue weighted by Gasteiger charge is -2.27. The molecule has 1 aliphatic heterocycles. The van der Waals surface area contributed by atoms with E-state index in [1.807, 2.05) is 24.3 Å². The molecule has 1 fully saturated rings. The van der Waals surface area contributed by atoms with Crippen LogP contribution >= 0.6 is 0 Å². The van der Waals surface area contributed by atoms with Gasteiger partial charge in [0.25, 0.3) is 5.91 Å². The fraction of sp³-hybridized carbons (Fsp3) is 0.368. The van der Waals surface area contributed by atoms with E-state index >= 15 is 0 Å². The SMILES string of the molecule is O=C(Nc1ccc(C(O)CCN2CCOCC2)cc1)c1cccnc1. The number of morpholine rings is 1. The molecule has 1 saturated heterocycles. The first-order valence-electron chi connectivity index (χ1n) is 8.52. The van der Waals surface area contributed by atoms with Crippen molar-refractivity contribution in [1.29, 1.82) is 0 Å². The molecular formula is C19H23N3O3. The first-order valence-corrected chi connectivity index (χ1v) is 8.52. The predicted octanol–water partition coefficient (Wildman–Crippen LogP) is 2.09. The Morgan fingerprint density at radius 1 is 1.24 bits per heavy atom. The molecule has 1 aromatic carbocycles. The van der Waals surface area contributed by atoms with Crippen molar-refractivity contribution >= 4 is 11.6 Å². The molecule has 25 heavy (non-hydrogen) atoms. The highest BCUT2D eigenvalue weighted by Crippen LogP contribution is 2.20. The number of hydrogen-bond acceptors (Lipinski definition) is 5. The third-order valence-corrected chi connectivity index (χ3v) is 4.30. The Kier molecular flexibility index (Phi) is 6.11. The van der Waals surface area contributed by atoms with Crippen LogP contribution in [0.4, 0.5) is 5.69 Å². The van der Waals surface area contributed by atoms with Crippen LogP contribution < -0.4 is 5.32 Å². The fourth-order valence-electron chi connectivity index (χ4n) is 2.79. The number of aliphatic hydroxyl groups is 1. The first-order chi connectivity index (χ1) is 12.2. The largest absolute Gasteiger partial charge is 0.388 e. The number of anilines is 1. The van der Waals surface area contributed by atoms with E-state index < -0.39 is 6.10 Å². The lowest BCUT2D eigenvalue weighted by molar-refractivity contribution is 0.0300. The van der Waals surface area contributed by atoms with Crippen LogP contribution in [0.1, 0.15) is 28.4 Å². The van der Waals surface area contributed by atoms with Crippen molar-refractivity contribution in [2.75, 3.05) is 38.2 Å². The highest BCUT2D eigenvalue weighted by atomic mass is 16.5. The number of benzene rings is 1. The number of nitrogens with one attached hydrogen (secondary N) is 1. The van der Waals surface area contributed by atoms with Crippen molar-refractivity contribution in [3.8, 4) is 0 Å². The number of pyridine rings is 1. The van der Waals surface area contributed by atoms with Crippen molar-refractivity contribution in [2.24, 2.45) is 0 Å². The van der Waals surface area contributed by atoms with Crippen molar-refractivity contribution in [1.82, 2.24) is 9.88 Å². The maximum Gasteiger partial charge on any atom is 0.257 e. The molecule has 1 unspecified atom stereocenters. The number of amides is 1. The van der Waals surface area contributed by atoms with Crippen LogP contribution in [-0.4, -0.2) is 53.7 Å². The number of carbonyl (C=O) groups is 1. The van der Waals surface area contributed by atoms with E-state index in [0.29, 0.717) is 17.7 Å².